The number of benzene rings is 2. The summed E-state index contributed by atoms with van der Waals surface area (Å²) in [5.74, 6) is 1.42. The largest absolute Gasteiger partial charge is 0.322 e. The fraction of sp³-hybridized carbons (Fsp3) is 0.375. The molecule has 0 unspecified atom stereocenters. The van der Waals surface area contributed by atoms with Gasteiger partial charge in [-0.05, 0) is 63.4 Å². The topological polar surface area (TPSA) is 106 Å². The Morgan fingerprint density at radius 1 is 1.06 bits per heavy atom. The van der Waals surface area contributed by atoms with Gasteiger partial charge in [0, 0.05) is 35.8 Å². The molecule has 174 valence electrons. The minimum absolute atomic E-state index is 0.0560. The number of carbonyl (C=O) groups is 1. The molecule has 2 aromatic carbocycles. The summed E-state index contributed by atoms with van der Waals surface area (Å²) >= 11 is 0. The lowest BCUT2D eigenvalue weighted by Crippen LogP contribution is -2.30. The molecule has 1 amide bonds. The van der Waals surface area contributed by atoms with E-state index in [1.54, 1.807) is 26.0 Å². The number of rotatable bonds is 6. The zero-order valence-electron chi connectivity index (χ0n) is 19.1. The van der Waals surface area contributed by atoms with Gasteiger partial charge in [-0.2, -0.15) is 0 Å². The number of fused-ring (bicyclic) bond motifs is 1. The van der Waals surface area contributed by atoms with Crippen molar-refractivity contribution in [2.24, 2.45) is 0 Å². The average Bonchev–Trinajstić information content (AvgIpc) is 3.02. The van der Waals surface area contributed by atoms with Crippen LogP contribution in [-0.2, 0) is 23.0 Å². The highest BCUT2D eigenvalue weighted by Gasteiger charge is 2.19. The van der Waals surface area contributed by atoms with E-state index in [2.05, 4.69) is 24.8 Å². The van der Waals surface area contributed by atoms with E-state index in [0.717, 1.165) is 48.6 Å². The van der Waals surface area contributed by atoms with E-state index in [9.17, 15) is 13.2 Å². The van der Waals surface area contributed by atoms with Gasteiger partial charge in [0.25, 0.3) is 5.91 Å². The second-order valence-electron chi connectivity index (χ2n) is 8.69. The van der Waals surface area contributed by atoms with Crippen LogP contribution >= 0.6 is 0 Å². The van der Waals surface area contributed by atoms with Gasteiger partial charge in [-0.3, -0.25) is 4.79 Å². The number of aryl methyl sites for hydroxylation is 2. The molecule has 1 aromatic heterocycles. The lowest BCUT2D eigenvalue weighted by atomic mass is 10.1. The van der Waals surface area contributed by atoms with Gasteiger partial charge >= 0.3 is 0 Å². The third-order valence-electron chi connectivity index (χ3n) is 5.65. The summed E-state index contributed by atoms with van der Waals surface area (Å²) in [6.07, 6.45) is 4.32. The first kappa shape index (κ1) is 23.1. The van der Waals surface area contributed by atoms with Crippen LogP contribution < -0.4 is 10.0 Å². The van der Waals surface area contributed by atoms with E-state index in [-0.39, 0.29) is 22.4 Å². The number of nitrogens with one attached hydrogen (secondary N) is 2. The number of carbonyl (C=O) groups excluding carboxylic acids is 1. The van der Waals surface area contributed by atoms with Crippen LogP contribution in [0.1, 0.15) is 54.9 Å². The zero-order valence-corrected chi connectivity index (χ0v) is 19.9. The smallest absolute Gasteiger partial charge is 0.255 e. The predicted molar refractivity (Wildman–Crippen MR) is 128 cm³/mol. The fourth-order valence-corrected chi connectivity index (χ4v) is 5.27. The van der Waals surface area contributed by atoms with Crippen LogP contribution in [0.4, 0.5) is 5.69 Å². The third kappa shape index (κ3) is 5.15. The van der Waals surface area contributed by atoms with Crippen molar-refractivity contribution in [1.29, 1.82) is 0 Å². The monoisotopic (exact) mass is 467 g/mol. The Hall–Kier alpha value is -3.04. The van der Waals surface area contributed by atoms with Gasteiger partial charge in [0.2, 0.25) is 10.0 Å². The molecule has 2 N–H and O–H groups in total. The molecule has 9 heteroatoms. The lowest BCUT2D eigenvalue weighted by molar-refractivity contribution is 0.102. The number of amides is 1. The Balaban J connectivity index is 1.60. The maximum Gasteiger partial charge on any atom is 0.255 e. The molecule has 3 aromatic rings. The molecule has 0 radical (unpaired) electrons. The second-order valence-corrected chi connectivity index (χ2v) is 10.4. The van der Waals surface area contributed by atoms with Crippen molar-refractivity contribution in [3.8, 4) is 11.4 Å². The van der Waals surface area contributed by atoms with E-state index in [1.807, 2.05) is 25.1 Å². The van der Waals surface area contributed by atoms with E-state index < -0.39 is 10.0 Å². The van der Waals surface area contributed by atoms with Crippen LogP contribution in [0.15, 0.2) is 47.4 Å². The van der Waals surface area contributed by atoms with E-state index in [1.165, 1.54) is 18.6 Å². The zero-order chi connectivity index (χ0) is 23.6. The highest BCUT2D eigenvalue weighted by atomic mass is 32.2. The van der Waals surface area contributed by atoms with Gasteiger partial charge < -0.3 is 9.88 Å². The molecule has 33 heavy (non-hydrogen) atoms. The predicted octanol–water partition coefficient (Wildman–Crippen LogP) is 3.92. The SMILES string of the molecule is Cc1ccc(-c2nnc3n2CCCCC3)cc1NC(=O)c1cccc(S(=O)(=O)NC(C)C)c1. The van der Waals surface area contributed by atoms with Crippen molar-refractivity contribution in [3.05, 3.63) is 59.4 Å². The number of hydrogen-bond acceptors (Lipinski definition) is 5. The molecule has 0 bridgehead atoms. The van der Waals surface area contributed by atoms with Gasteiger partial charge in [-0.1, -0.05) is 24.6 Å². The maximum atomic E-state index is 13.0. The van der Waals surface area contributed by atoms with Gasteiger partial charge in [-0.15, -0.1) is 10.2 Å². The summed E-state index contributed by atoms with van der Waals surface area (Å²) in [6, 6.07) is 11.6. The van der Waals surface area contributed by atoms with Gasteiger partial charge in [0.15, 0.2) is 5.82 Å². The number of hydrogen-bond donors (Lipinski definition) is 2. The van der Waals surface area contributed by atoms with Crippen LogP contribution in [0.25, 0.3) is 11.4 Å². The van der Waals surface area contributed by atoms with E-state index in [4.69, 9.17) is 0 Å². The average molecular weight is 468 g/mol. The van der Waals surface area contributed by atoms with Gasteiger partial charge in [0.1, 0.15) is 5.82 Å². The van der Waals surface area contributed by atoms with Crippen LogP contribution in [0.3, 0.4) is 0 Å². The van der Waals surface area contributed by atoms with Gasteiger partial charge in [0.05, 0.1) is 4.90 Å². The first-order valence-corrected chi connectivity index (χ1v) is 12.7. The standard InChI is InChI=1S/C24H29N5O3S/c1-16(2)28-33(31,32)20-9-7-8-19(14-20)24(30)25-21-15-18(12-11-17(21)3)23-27-26-22-10-5-4-6-13-29(22)23/h7-9,11-12,14-16,28H,4-6,10,13H2,1-3H3,(H,25,30). The quantitative estimate of drug-likeness (QED) is 0.572. The molecule has 8 nitrogen and oxygen atoms in total. The van der Waals surface area contributed by atoms with Crippen LogP contribution in [0, 0.1) is 6.92 Å². The van der Waals surface area contributed by atoms with Crippen molar-refractivity contribution in [1.82, 2.24) is 19.5 Å². The van der Waals surface area contributed by atoms with Crippen molar-refractivity contribution >= 4 is 21.6 Å². The number of nitrogens with zero attached hydrogens (tertiary/aromatic N) is 3. The molecule has 0 saturated carbocycles. The summed E-state index contributed by atoms with van der Waals surface area (Å²) < 4.78 is 29.7. The normalized spacial score (nSPS) is 14.1. The summed E-state index contributed by atoms with van der Waals surface area (Å²) in [5, 5.41) is 11.7. The molecular formula is C24H29N5O3S. The summed E-state index contributed by atoms with van der Waals surface area (Å²) in [7, 11) is -3.69. The van der Waals surface area contributed by atoms with Crippen LogP contribution in [0.2, 0.25) is 0 Å². The lowest BCUT2D eigenvalue weighted by Gasteiger charge is -2.13. The molecule has 0 aliphatic carbocycles. The molecule has 0 fully saturated rings. The summed E-state index contributed by atoms with van der Waals surface area (Å²) in [5.41, 5.74) is 2.70. The number of sulfonamides is 1. The molecule has 2 heterocycles. The number of anilines is 1. The highest BCUT2D eigenvalue weighted by Crippen LogP contribution is 2.27. The molecule has 4 rings (SSSR count). The first-order valence-electron chi connectivity index (χ1n) is 11.2. The van der Waals surface area contributed by atoms with Crippen molar-refractivity contribution in [2.45, 2.75) is 63.9 Å². The molecular weight excluding hydrogens is 438 g/mol. The molecule has 0 saturated heterocycles. The summed E-state index contributed by atoms with van der Waals surface area (Å²) in [6.45, 7) is 6.30. The van der Waals surface area contributed by atoms with Crippen molar-refractivity contribution < 1.29 is 13.2 Å². The Morgan fingerprint density at radius 2 is 1.88 bits per heavy atom. The number of aromatic nitrogens is 3. The molecule has 1 aliphatic heterocycles. The van der Waals surface area contributed by atoms with E-state index >= 15 is 0 Å². The minimum Gasteiger partial charge on any atom is -0.322 e. The Kier molecular flexibility index (Phi) is 6.62. The molecule has 0 spiro atoms. The van der Waals surface area contributed by atoms with E-state index in [0.29, 0.717) is 5.69 Å². The maximum absolute atomic E-state index is 13.0. The second kappa shape index (κ2) is 9.44. The minimum atomic E-state index is -3.69. The van der Waals surface area contributed by atoms with Crippen molar-refractivity contribution in [3.63, 3.8) is 0 Å². The highest BCUT2D eigenvalue weighted by molar-refractivity contribution is 7.89. The van der Waals surface area contributed by atoms with Crippen molar-refractivity contribution in [2.75, 3.05) is 5.32 Å². The van der Waals surface area contributed by atoms with Crippen LogP contribution in [-0.4, -0.2) is 35.1 Å². The first-order chi connectivity index (χ1) is 15.7. The Labute approximate surface area is 194 Å². The fourth-order valence-electron chi connectivity index (χ4n) is 3.97. The Morgan fingerprint density at radius 3 is 2.67 bits per heavy atom. The molecule has 0 atom stereocenters. The third-order valence-corrected chi connectivity index (χ3v) is 7.31. The molecule has 1 aliphatic rings. The van der Waals surface area contributed by atoms with Crippen LogP contribution in [0.5, 0.6) is 0 Å². The Bertz CT molecular complexity index is 1280. The summed E-state index contributed by atoms with van der Waals surface area (Å²) in [4.78, 5) is 13.0. The van der Waals surface area contributed by atoms with Gasteiger partial charge in [-0.25, -0.2) is 13.1 Å².